The fourth-order valence-electron chi connectivity index (χ4n) is 1.95. The van der Waals surface area contributed by atoms with Crippen molar-refractivity contribution in [2.24, 2.45) is 5.73 Å². The van der Waals surface area contributed by atoms with E-state index in [9.17, 15) is 0 Å². The van der Waals surface area contributed by atoms with Crippen LogP contribution in [0.2, 0.25) is 0 Å². The molecular weight excluding hydrogens is 234 g/mol. The fourth-order valence-corrected chi connectivity index (χ4v) is 1.95. The zero-order valence-electron chi connectivity index (χ0n) is 11.6. The molecule has 2 aromatic rings. The van der Waals surface area contributed by atoms with Crippen LogP contribution in [0.15, 0.2) is 48.5 Å². The van der Waals surface area contributed by atoms with Gasteiger partial charge in [-0.25, -0.2) is 0 Å². The Morgan fingerprint density at radius 1 is 0.895 bits per heavy atom. The summed E-state index contributed by atoms with van der Waals surface area (Å²) in [5, 5.41) is 0. The topological polar surface area (TPSA) is 35.2 Å². The third-order valence-electron chi connectivity index (χ3n) is 3.32. The quantitative estimate of drug-likeness (QED) is 0.856. The predicted molar refractivity (Wildman–Crippen MR) is 79.6 cm³/mol. The maximum atomic E-state index is 5.99. The summed E-state index contributed by atoms with van der Waals surface area (Å²) in [4.78, 5) is 0. The number of benzene rings is 2. The molecule has 2 rings (SSSR count). The molecule has 0 aliphatic heterocycles. The number of ether oxygens (including phenoxy) is 1. The van der Waals surface area contributed by atoms with E-state index in [-0.39, 0.29) is 6.04 Å². The summed E-state index contributed by atoms with van der Waals surface area (Å²) < 4.78 is 5.81. The largest absolute Gasteiger partial charge is 0.457 e. The molecular formula is C17H21NO. The van der Waals surface area contributed by atoms with Gasteiger partial charge in [-0.3, -0.25) is 0 Å². The molecule has 2 heteroatoms. The molecule has 2 aromatic carbocycles. The van der Waals surface area contributed by atoms with Gasteiger partial charge in [-0.05, 0) is 48.2 Å². The molecule has 19 heavy (non-hydrogen) atoms. The summed E-state index contributed by atoms with van der Waals surface area (Å²) >= 11 is 0. The van der Waals surface area contributed by atoms with Crippen molar-refractivity contribution in [2.45, 2.75) is 32.7 Å². The van der Waals surface area contributed by atoms with E-state index in [1.165, 1.54) is 5.56 Å². The van der Waals surface area contributed by atoms with Gasteiger partial charge in [0.05, 0.1) is 0 Å². The standard InChI is InChI=1S/C17H21NO/c1-3-13-5-9-15(10-6-13)19-16-11-7-14(8-12-16)17(18)4-2/h5-12,17H,3-4,18H2,1-2H3/t17-/m1/s1. The van der Waals surface area contributed by atoms with E-state index in [4.69, 9.17) is 10.5 Å². The van der Waals surface area contributed by atoms with Crippen LogP contribution in [-0.2, 0) is 6.42 Å². The first-order valence-corrected chi connectivity index (χ1v) is 6.85. The Morgan fingerprint density at radius 3 is 1.89 bits per heavy atom. The second-order valence-electron chi connectivity index (χ2n) is 4.68. The van der Waals surface area contributed by atoms with Crippen LogP contribution in [0.4, 0.5) is 0 Å². The van der Waals surface area contributed by atoms with E-state index >= 15 is 0 Å². The summed E-state index contributed by atoms with van der Waals surface area (Å²) in [6, 6.07) is 16.3. The lowest BCUT2D eigenvalue weighted by Gasteiger charge is -2.11. The van der Waals surface area contributed by atoms with Crippen molar-refractivity contribution in [1.82, 2.24) is 0 Å². The molecule has 0 aromatic heterocycles. The highest BCUT2D eigenvalue weighted by Crippen LogP contribution is 2.24. The fraction of sp³-hybridized carbons (Fsp3) is 0.294. The van der Waals surface area contributed by atoms with Gasteiger partial charge >= 0.3 is 0 Å². The van der Waals surface area contributed by atoms with Gasteiger partial charge in [-0.1, -0.05) is 38.1 Å². The second kappa shape index (κ2) is 6.39. The summed E-state index contributed by atoms with van der Waals surface area (Å²) in [7, 11) is 0. The molecule has 0 aliphatic rings. The maximum absolute atomic E-state index is 5.99. The third kappa shape index (κ3) is 3.58. The SMILES string of the molecule is CCc1ccc(Oc2ccc([C@H](N)CC)cc2)cc1. The number of aryl methyl sites for hydroxylation is 1. The van der Waals surface area contributed by atoms with E-state index in [1.807, 2.05) is 36.4 Å². The highest BCUT2D eigenvalue weighted by molar-refractivity contribution is 5.35. The normalized spacial score (nSPS) is 12.2. The summed E-state index contributed by atoms with van der Waals surface area (Å²) in [5.74, 6) is 1.71. The first-order valence-electron chi connectivity index (χ1n) is 6.85. The Bertz CT molecular complexity index is 502. The van der Waals surface area contributed by atoms with Crippen LogP contribution in [0, 0.1) is 0 Å². The molecule has 0 heterocycles. The first-order chi connectivity index (χ1) is 9.22. The Morgan fingerprint density at radius 2 is 1.42 bits per heavy atom. The number of rotatable bonds is 5. The van der Waals surface area contributed by atoms with Gasteiger partial charge in [0.1, 0.15) is 11.5 Å². The molecule has 0 unspecified atom stereocenters. The summed E-state index contributed by atoms with van der Waals surface area (Å²) in [6.07, 6.45) is 1.99. The van der Waals surface area contributed by atoms with Gasteiger partial charge in [0.25, 0.3) is 0 Å². The zero-order chi connectivity index (χ0) is 13.7. The average molecular weight is 255 g/mol. The molecule has 2 N–H and O–H groups in total. The van der Waals surface area contributed by atoms with Crippen LogP contribution in [0.25, 0.3) is 0 Å². The molecule has 2 nitrogen and oxygen atoms in total. The summed E-state index contributed by atoms with van der Waals surface area (Å²) in [5.41, 5.74) is 8.45. The minimum absolute atomic E-state index is 0.109. The molecule has 0 saturated heterocycles. The molecule has 0 saturated carbocycles. The summed E-state index contributed by atoms with van der Waals surface area (Å²) in [6.45, 7) is 4.23. The van der Waals surface area contributed by atoms with Crippen LogP contribution in [-0.4, -0.2) is 0 Å². The van der Waals surface area contributed by atoms with Crippen molar-refractivity contribution < 1.29 is 4.74 Å². The van der Waals surface area contributed by atoms with E-state index < -0.39 is 0 Å². The minimum atomic E-state index is 0.109. The molecule has 0 spiro atoms. The molecule has 0 fully saturated rings. The maximum Gasteiger partial charge on any atom is 0.127 e. The zero-order valence-corrected chi connectivity index (χ0v) is 11.6. The van der Waals surface area contributed by atoms with E-state index in [0.29, 0.717) is 0 Å². The number of hydrogen-bond acceptors (Lipinski definition) is 2. The Hall–Kier alpha value is -1.80. The minimum Gasteiger partial charge on any atom is -0.457 e. The van der Waals surface area contributed by atoms with Gasteiger partial charge in [-0.2, -0.15) is 0 Å². The third-order valence-corrected chi connectivity index (χ3v) is 3.32. The van der Waals surface area contributed by atoms with Gasteiger partial charge < -0.3 is 10.5 Å². The van der Waals surface area contributed by atoms with Gasteiger partial charge in [0.15, 0.2) is 0 Å². The van der Waals surface area contributed by atoms with Crippen LogP contribution >= 0.6 is 0 Å². The van der Waals surface area contributed by atoms with Crippen LogP contribution in [0.1, 0.15) is 37.4 Å². The van der Waals surface area contributed by atoms with Crippen molar-refractivity contribution in [2.75, 3.05) is 0 Å². The van der Waals surface area contributed by atoms with Crippen molar-refractivity contribution in [3.63, 3.8) is 0 Å². The lowest BCUT2D eigenvalue weighted by atomic mass is 10.1. The van der Waals surface area contributed by atoms with E-state index in [1.54, 1.807) is 0 Å². The monoisotopic (exact) mass is 255 g/mol. The van der Waals surface area contributed by atoms with Crippen LogP contribution in [0.5, 0.6) is 11.5 Å². The molecule has 0 amide bonds. The Balaban J connectivity index is 2.06. The lowest BCUT2D eigenvalue weighted by Crippen LogP contribution is -2.07. The van der Waals surface area contributed by atoms with E-state index in [2.05, 4.69) is 26.0 Å². The highest BCUT2D eigenvalue weighted by atomic mass is 16.5. The van der Waals surface area contributed by atoms with Gasteiger partial charge in [-0.15, -0.1) is 0 Å². The molecule has 1 atom stereocenters. The number of nitrogens with two attached hydrogens (primary N) is 1. The van der Waals surface area contributed by atoms with Gasteiger partial charge in [0.2, 0.25) is 0 Å². The van der Waals surface area contributed by atoms with Crippen LogP contribution < -0.4 is 10.5 Å². The molecule has 0 radical (unpaired) electrons. The first kappa shape index (κ1) is 13.6. The average Bonchev–Trinajstić information content (AvgIpc) is 2.48. The van der Waals surface area contributed by atoms with Crippen molar-refractivity contribution in [1.29, 1.82) is 0 Å². The molecule has 100 valence electrons. The van der Waals surface area contributed by atoms with Crippen molar-refractivity contribution in [3.8, 4) is 11.5 Å². The second-order valence-corrected chi connectivity index (χ2v) is 4.68. The Kier molecular flexibility index (Phi) is 4.58. The number of hydrogen-bond donors (Lipinski definition) is 1. The van der Waals surface area contributed by atoms with E-state index in [0.717, 1.165) is 29.9 Å². The smallest absolute Gasteiger partial charge is 0.127 e. The lowest BCUT2D eigenvalue weighted by molar-refractivity contribution is 0.482. The molecule has 0 aliphatic carbocycles. The van der Waals surface area contributed by atoms with Crippen molar-refractivity contribution >= 4 is 0 Å². The molecule has 0 bridgehead atoms. The highest BCUT2D eigenvalue weighted by Gasteiger charge is 2.03. The van der Waals surface area contributed by atoms with Gasteiger partial charge in [0, 0.05) is 6.04 Å². The predicted octanol–water partition coefficient (Wildman–Crippen LogP) is 4.45. The van der Waals surface area contributed by atoms with Crippen LogP contribution in [0.3, 0.4) is 0 Å². The Labute approximate surface area is 115 Å². The van der Waals surface area contributed by atoms with Crippen molar-refractivity contribution in [3.05, 3.63) is 59.7 Å².